The zero-order valence-corrected chi connectivity index (χ0v) is 24.1. The number of benzene rings is 3. The molecule has 0 bridgehead atoms. The fraction of sp³-hybridized carbons (Fsp3) is 0.188. The molecule has 3 heterocycles. The SMILES string of the molecule is CC(C)[N+]1=C=[N+](c2[c-]ccc3c2oc2ccccc23)C=C1.Cc1c[c-]c(-c2cc(C)c(C)cn2)cc1.[Ir]. The van der Waals surface area contributed by atoms with Gasteiger partial charge in [0.25, 0.3) is 6.20 Å². The van der Waals surface area contributed by atoms with Crippen LogP contribution in [0.4, 0.5) is 5.69 Å². The third-order valence-corrected chi connectivity index (χ3v) is 6.33. The number of furan rings is 1. The van der Waals surface area contributed by atoms with E-state index in [0.29, 0.717) is 6.04 Å². The second-order valence-corrected chi connectivity index (χ2v) is 9.37. The van der Waals surface area contributed by atoms with Gasteiger partial charge in [0.15, 0.2) is 11.7 Å². The molecule has 1 aliphatic rings. The first kappa shape index (κ1) is 26.4. The Labute approximate surface area is 231 Å². The van der Waals surface area contributed by atoms with E-state index in [1.54, 1.807) is 0 Å². The standard InChI is InChI=1S/C18H15N2O.C14H14N.Ir/c1-13(2)19-10-11-20(12-19)16-8-5-7-15-14-6-3-4-9-17(14)21-18(15)16;1-10-4-6-13(7-5-10)14-8-11(2)12(3)9-15-14;/h3-7,9-11,13H,1-2H3;4-6,8-9H,1-3H3;/q+1;-1;. The number of aryl methyl sites for hydroxylation is 3. The Balaban J connectivity index is 0.000000178. The molecule has 3 aromatic carbocycles. The van der Waals surface area contributed by atoms with Crippen LogP contribution in [0.3, 0.4) is 0 Å². The van der Waals surface area contributed by atoms with Crippen molar-refractivity contribution >= 4 is 33.6 Å². The summed E-state index contributed by atoms with van der Waals surface area (Å²) in [5.41, 5.74) is 8.42. The Morgan fingerprint density at radius 1 is 0.919 bits per heavy atom. The molecule has 0 saturated heterocycles. The van der Waals surface area contributed by atoms with E-state index in [0.717, 1.165) is 38.9 Å². The van der Waals surface area contributed by atoms with Gasteiger partial charge in [-0.05, 0) is 45.0 Å². The van der Waals surface area contributed by atoms with Crippen molar-refractivity contribution < 1.29 is 33.7 Å². The maximum Gasteiger partial charge on any atom is 0.493 e. The predicted molar refractivity (Wildman–Crippen MR) is 145 cm³/mol. The zero-order chi connectivity index (χ0) is 25.2. The average molecular weight is 664 g/mol. The summed E-state index contributed by atoms with van der Waals surface area (Å²) in [5.74, 6) is 0. The predicted octanol–water partition coefficient (Wildman–Crippen LogP) is 7.58. The summed E-state index contributed by atoms with van der Waals surface area (Å²) in [7, 11) is 0. The minimum absolute atomic E-state index is 0. The average Bonchev–Trinajstić information content (AvgIpc) is 3.52. The van der Waals surface area contributed by atoms with Crippen LogP contribution in [0.25, 0.3) is 33.2 Å². The molecule has 0 saturated carbocycles. The molecular weight excluding hydrogens is 635 g/mol. The van der Waals surface area contributed by atoms with Gasteiger partial charge in [0, 0.05) is 31.7 Å². The van der Waals surface area contributed by atoms with E-state index in [9.17, 15) is 0 Å². The van der Waals surface area contributed by atoms with Crippen LogP contribution in [-0.4, -0.2) is 26.2 Å². The number of hydrogen-bond donors (Lipinski definition) is 0. The van der Waals surface area contributed by atoms with E-state index in [1.165, 1.54) is 16.7 Å². The molecule has 0 spiro atoms. The molecule has 6 rings (SSSR count). The molecule has 2 aromatic heterocycles. The maximum atomic E-state index is 6.03. The van der Waals surface area contributed by atoms with E-state index in [1.807, 2.05) is 64.1 Å². The number of nitrogens with zero attached hydrogens (tertiary/aromatic N) is 3. The molecule has 187 valence electrons. The third-order valence-electron chi connectivity index (χ3n) is 6.33. The molecule has 0 atom stereocenters. The molecule has 0 aliphatic carbocycles. The summed E-state index contributed by atoms with van der Waals surface area (Å²) >= 11 is 0. The van der Waals surface area contributed by atoms with Crippen LogP contribution in [0.5, 0.6) is 0 Å². The van der Waals surface area contributed by atoms with Crippen LogP contribution >= 0.6 is 0 Å². The van der Waals surface area contributed by atoms with E-state index in [-0.39, 0.29) is 20.1 Å². The Morgan fingerprint density at radius 2 is 1.73 bits per heavy atom. The van der Waals surface area contributed by atoms with Crippen molar-refractivity contribution in [2.24, 2.45) is 0 Å². The van der Waals surface area contributed by atoms with Crippen molar-refractivity contribution in [2.45, 2.75) is 40.7 Å². The smallest absolute Gasteiger partial charge is 0.493 e. The fourth-order valence-electron chi connectivity index (χ4n) is 4.03. The molecule has 1 radical (unpaired) electrons. The fourth-order valence-corrected chi connectivity index (χ4v) is 4.03. The van der Waals surface area contributed by atoms with Crippen molar-refractivity contribution in [1.29, 1.82) is 0 Å². The minimum atomic E-state index is 0. The topological polar surface area (TPSA) is 32.0 Å². The van der Waals surface area contributed by atoms with Crippen LogP contribution in [0, 0.1) is 32.9 Å². The van der Waals surface area contributed by atoms with Crippen molar-refractivity contribution in [3.63, 3.8) is 0 Å². The molecule has 1 aliphatic heterocycles. The summed E-state index contributed by atoms with van der Waals surface area (Å²) < 4.78 is 10.00. The van der Waals surface area contributed by atoms with Gasteiger partial charge in [-0.25, -0.2) is 0 Å². The maximum absolute atomic E-state index is 6.03. The summed E-state index contributed by atoms with van der Waals surface area (Å²) in [5, 5.41) is 2.24. The molecule has 4 nitrogen and oxygen atoms in total. The first-order valence-corrected chi connectivity index (χ1v) is 12.2. The summed E-state index contributed by atoms with van der Waals surface area (Å²) in [4.78, 5) is 4.41. The number of hydrogen-bond acceptors (Lipinski definition) is 2. The monoisotopic (exact) mass is 664 g/mol. The number of aromatic nitrogens is 1. The number of rotatable bonds is 3. The molecule has 5 aromatic rings. The summed E-state index contributed by atoms with van der Waals surface area (Å²) in [6.45, 7) is 10.5. The normalized spacial score (nSPS) is 12.3. The number of para-hydroxylation sites is 1. The van der Waals surface area contributed by atoms with Gasteiger partial charge in [0.2, 0.25) is 6.20 Å². The molecule has 5 heteroatoms. The van der Waals surface area contributed by atoms with E-state index >= 15 is 0 Å². The minimum Gasteiger partial charge on any atom is -0.509 e. The van der Waals surface area contributed by atoms with Gasteiger partial charge >= 0.3 is 6.01 Å². The van der Waals surface area contributed by atoms with Gasteiger partial charge in [-0.2, -0.15) is 12.1 Å². The second-order valence-electron chi connectivity index (χ2n) is 9.37. The third kappa shape index (κ3) is 5.55. The molecule has 0 N–H and O–H groups in total. The van der Waals surface area contributed by atoms with Gasteiger partial charge in [-0.3, -0.25) is 0 Å². The van der Waals surface area contributed by atoms with Crippen LogP contribution in [0.2, 0.25) is 0 Å². The first-order valence-electron chi connectivity index (χ1n) is 12.2. The largest absolute Gasteiger partial charge is 0.509 e. The Bertz CT molecular complexity index is 1670. The van der Waals surface area contributed by atoms with Gasteiger partial charge in [0.1, 0.15) is 5.58 Å². The summed E-state index contributed by atoms with van der Waals surface area (Å²) in [6, 6.07) is 30.5. The van der Waals surface area contributed by atoms with Gasteiger partial charge < -0.3 is 9.40 Å². The number of pyridine rings is 1. The Morgan fingerprint density at radius 3 is 2.43 bits per heavy atom. The Hall–Kier alpha value is -3.62. The van der Waals surface area contributed by atoms with E-state index in [2.05, 4.69) is 82.0 Å². The van der Waals surface area contributed by atoms with Gasteiger partial charge in [-0.15, -0.1) is 41.5 Å². The van der Waals surface area contributed by atoms with Gasteiger partial charge in [-0.1, -0.05) is 51.3 Å². The van der Waals surface area contributed by atoms with Crippen molar-refractivity contribution in [3.05, 3.63) is 108 Å². The van der Waals surface area contributed by atoms with Crippen LogP contribution in [-0.2, 0) is 20.1 Å². The van der Waals surface area contributed by atoms with E-state index < -0.39 is 0 Å². The van der Waals surface area contributed by atoms with Crippen LogP contribution in [0.1, 0.15) is 30.5 Å². The van der Waals surface area contributed by atoms with Crippen molar-refractivity contribution in [3.8, 4) is 11.3 Å². The molecule has 0 amide bonds. The molecule has 0 fully saturated rings. The van der Waals surface area contributed by atoms with Crippen molar-refractivity contribution in [1.82, 2.24) is 4.98 Å². The number of fused-ring (bicyclic) bond motifs is 3. The van der Waals surface area contributed by atoms with Crippen molar-refractivity contribution in [2.75, 3.05) is 0 Å². The Kier molecular flexibility index (Phi) is 8.00. The molecule has 0 unspecified atom stereocenters. The second kappa shape index (κ2) is 11.2. The molecular formula is C32H29IrN3O. The first-order chi connectivity index (χ1) is 17.4. The van der Waals surface area contributed by atoms with Crippen LogP contribution in [0.15, 0.2) is 83.7 Å². The zero-order valence-electron chi connectivity index (χ0n) is 21.7. The van der Waals surface area contributed by atoms with Crippen LogP contribution < -0.4 is 0 Å². The van der Waals surface area contributed by atoms with Gasteiger partial charge in [0.05, 0.1) is 5.58 Å². The summed E-state index contributed by atoms with van der Waals surface area (Å²) in [6.07, 6.45) is 5.91. The van der Waals surface area contributed by atoms with E-state index in [4.69, 9.17) is 4.42 Å². The quantitative estimate of drug-likeness (QED) is 0.147. The molecule has 37 heavy (non-hydrogen) atoms.